The van der Waals surface area contributed by atoms with Gasteiger partial charge in [0, 0.05) is 23.1 Å². The zero-order valence-electron chi connectivity index (χ0n) is 14.2. The van der Waals surface area contributed by atoms with Crippen LogP contribution in [0.5, 0.6) is 0 Å². The van der Waals surface area contributed by atoms with Gasteiger partial charge in [-0.25, -0.2) is 0 Å². The van der Waals surface area contributed by atoms with Crippen LogP contribution in [-0.4, -0.2) is 29.4 Å². The van der Waals surface area contributed by atoms with Crippen LogP contribution in [0.4, 0.5) is 10.8 Å². The predicted molar refractivity (Wildman–Crippen MR) is 107 cm³/mol. The van der Waals surface area contributed by atoms with Crippen LogP contribution in [0.1, 0.15) is 18.8 Å². The highest BCUT2D eigenvalue weighted by Crippen LogP contribution is 2.28. The molecule has 27 heavy (non-hydrogen) atoms. The van der Waals surface area contributed by atoms with Crippen LogP contribution in [0, 0.1) is 0 Å². The summed E-state index contributed by atoms with van der Waals surface area (Å²) in [5, 5.41) is 17.9. The highest BCUT2D eigenvalue weighted by Gasteiger charge is 2.20. The topological polar surface area (TPSA) is 72.9 Å². The molecule has 1 atom stereocenters. The first-order valence-corrected chi connectivity index (χ1v) is 9.55. The van der Waals surface area contributed by atoms with Gasteiger partial charge in [-0.05, 0) is 43.3 Å². The minimum Gasteiger partial charge on any atom is -0.336 e. The third-order valence-electron chi connectivity index (χ3n) is 4.37. The molecule has 0 fully saturated rings. The molecule has 1 unspecified atom stereocenters. The van der Waals surface area contributed by atoms with Gasteiger partial charge >= 0.3 is 0 Å². The summed E-state index contributed by atoms with van der Waals surface area (Å²) >= 11 is 7.49. The third kappa shape index (κ3) is 2.83. The van der Waals surface area contributed by atoms with Crippen molar-refractivity contribution in [2.24, 2.45) is 0 Å². The zero-order valence-corrected chi connectivity index (χ0v) is 15.8. The summed E-state index contributed by atoms with van der Waals surface area (Å²) in [5.41, 5.74) is 2.88. The maximum atomic E-state index is 6.05. The molecule has 7 nitrogen and oxygen atoms in total. The van der Waals surface area contributed by atoms with Crippen molar-refractivity contribution in [2.75, 3.05) is 5.32 Å². The average Bonchev–Trinajstić information content (AvgIpc) is 3.34. The normalized spacial score (nSPS) is 12.7. The Kier molecular flexibility index (Phi) is 3.80. The summed E-state index contributed by atoms with van der Waals surface area (Å²) in [6.45, 7) is 2.08. The number of nitrogens with zero attached hydrogens (tertiary/aromatic N) is 6. The van der Waals surface area contributed by atoms with Gasteiger partial charge in [-0.1, -0.05) is 29.0 Å². The van der Waals surface area contributed by atoms with Crippen molar-refractivity contribution in [3.8, 4) is 0 Å². The van der Waals surface area contributed by atoms with E-state index in [1.165, 1.54) is 11.3 Å². The minimum absolute atomic E-state index is 0.0391. The largest absolute Gasteiger partial charge is 0.336 e. The molecule has 9 heteroatoms. The SMILES string of the molecule is CC(c1nnc2sc(Nc3cccc(Cl)c3)nn12)n1ccc2ncccc21. The Morgan fingerprint density at radius 3 is 2.96 bits per heavy atom. The van der Waals surface area contributed by atoms with E-state index in [2.05, 4.69) is 37.1 Å². The van der Waals surface area contributed by atoms with E-state index in [0.29, 0.717) is 5.02 Å². The number of benzene rings is 1. The fraction of sp³-hybridized carbons (Fsp3) is 0.111. The molecule has 4 aromatic heterocycles. The van der Waals surface area contributed by atoms with E-state index >= 15 is 0 Å². The number of pyridine rings is 1. The second kappa shape index (κ2) is 6.33. The van der Waals surface area contributed by atoms with Crippen LogP contribution in [0.3, 0.4) is 0 Å². The Morgan fingerprint density at radius 2 is 2.07 bits per heavy atom. The fourth-order valence-corrected chi connectivity index (χ4v) is 4.04. The van der Waals surface area contributed by atoms with Crippen LogP contribution in [-0.2, 0) is 0 Å². The molecule has 0 amide bonds. The van der Waals surface area contributed by atoms with Crippen LogP contribution >= 0.6 is 22.9 Å². The van der Waals surface area contributed by atoms with Crippen molar-refractivity contribution < 1.29 is 0 Å². The van der Waals surface area contributed by atoms with E-state index in [-0.39, 0.29) is 6.04 Å². The van der Waals surface area contributed by atoms with Crippen LogP contribution in [0.15, 0.2) is 54.9 Å². The van der Waals surface area contributed by atoms with Gasteiger partial charge in [-0.3, -0.25) is 4.98 Å². The van der Waals surface area contributed by atoms with Crippen molar-refractivity contribution in [1.29, 1.82) is 0 Å². The lowest BCUT2D eigenvalue weighted by molar-refractivity contribution is 0.600. The number of aromatic nitrogens is 6. The Labute approximate surface area is 163 Å². The highest BCUT2D eigenvalue weighted by molar-refractivity contribution is 7.20. The molecule has 0 aliphatic rings. The van der Waals surface area contributed by atoms with Crippen LogP contribution in [0.25, 0.3) is 16.0 Å². The van der Waals surface area contributed by atoms with Crippen molar-refractivity contribution in [3.05, 3.63) is 65.7 Å². The number of nitrogens with one attached hydrogen (secondary N) is 1. The number of halogens is 1. The highest BCUT2D eigenvalue weighted by atomic mass is 35.5. The predicted octanol–water partition coefficient (Wildman–Crippen LogP) is 4.54. The fourth-order valence-electron chi connectivity index (χ4n) is 3.08. The molecule has 5 aromatic rings. The zero-order chi connectivity index (χ0) is 18.4. The first kappa shape index (κ1) is 16.2. The summed E-state index contributed by atoms with van der Waals surface area (Å²) in [6, 6.07) is 13.5. The van der Waals surface area contributed by atoms with Gasteiger partial charge in [-0.15, -0.1) is 15.3 Å². The summed E-state index contributed by atoms with van der Waals surface area (Å²) < 4.78 is 3.91. The van der Waals surface area contributed by atoms with Gasteiger partial charge in [0.1, 0.15) is 0 Å². The first-order valence-electron chi connectivity index (χ1n) is 8.35. The molecule has 5 rings (SSSR count). The Hall–Kier alpha value is -2.97. The maximum absolute atomic E-state index is 6.05. The molecule has 0 aliphatic carbocycles. The van der Waals surface area contributed by atoms with Crippen molar-refractivity contribution in [2.45, 2.75) is 13.0 Å². The van der Waals surface area contributed by atoms with Gasteiger partial charge in [-0.2, -0.15) is 4.52 Å². The average molecular weight is 396 g/mol. The van der Waals surface area contributed by atoms with E-state index in [0.717, 1.165) is 32.6 Å². The Bertz CT molecular complexity index is 1260. The maximum Gasteiger partial charge on any atom is 0.236 e. The van der Waals surface area contributed by atoms with E-state index in [1.54, 1.807) is 10.7 Å². The van der Waals surface area contributed by atoms with Gasteiger partial charge < -0.3 is 9.88 Å². The van der Waals surface area contributed by atoms with Crippen LogP contribution in [0.2, 0.25) is 5.02 Å². The Balaban J connectivity index is 1.51. The van der Waals surface area contributed by atoms with E-state index in [1.807, 2.05) is 48.7 Å². The molecule has 1 N–H and O–H groups in total. The summed E-state index contributed by atoms with van der Waals surface area (Å²) in [5.74, 6) is 0.766. The van der Waals surface area contributed by atoms with Crippen molar-refractivity contribution >= 4 is 49.8 Å². The molecular formula is C18H14ClN7S. The molecule has 0 spiro atoms. The molecule has 0 aliphatic heterocycles. The molecule has 0 radical (unpaired) electrons. The lowest BCUT2D eigenvalue weighted by Gasteiger charge is -2.12. The molecule has 134 valence electrons. The van der Waals surface area contributed by atoms with Gasteiger partial charge in [0.25, 0.3) is 0 Å². The summed E-state index contributed by atoms with van der Waals surface area (Å²) in [7, 11) is 0. The minimum atomic E-state index is -0.0391. The smallest absolute Gasteiger partial charge is 0.236 e. The lowest BCUT2D eigenvalue weighted by atomic mass is 10.3. The van der Waals surface area contributed by atoms with Crippen molar-refractivity contribution in [1.82, 2.24) is 29.4 Å². The summed E-state index contributed by atoms with van der Waals surface area (Å²) in [6.07, 6.45) is 3.81. The monoisotopic (exact) mass is 395 g/mol. The van der Waals surface area contributed by atoms with Crippen LogP contribution < -0.4 is 5.32 Å². The number of anilines is 2. The number of fused-ring (bicyclic) bond motifs is 2. The molecule has 0 saturated carbocycles. The number of rotatable bonds is 4. The lowest BCUT2D eigenvalue weighted by Crippen LogP contribution is -2.10. The molecule has 0 bridgehead atoms. The second-order valence-electron chi connectivity index (χ2n) is 6.10. The molecule has 4 heterocycles. The van der Waals surface area contributed by atoms with Gasteiger partial charge in [0.2, 0.25) is 10.1 Å². The molecule has 0 saturated heterocycles. The number of hydrogen-bond acceptors (Lipinski definition) is 6. The third-order valence-corrected chi connectivity index (χ3v) is 5.42. The molecule has 1 aromatic carbocycles. The summed E-state index contributed by atoms with van der Waals surface area (Å²) in [4.78, 5) is 5.12. The van der Waals surface area contributed by atoms with E-state index < -0.39 is 0 Å². The number of hydrogen-bond donors (Lipinski definition) is 1. The quantitative estimate of drug-likeness (QED) is 0.483. The van der Waals surface area contributed by atoms with E-state index in [9.17, 15) is 0 Å². The van der Waals surface area contributed by atoms with Gasteiger partial charge in [0.05, 0.1) is 17.1 Å². The van der Waals surface area contributed by atoms with Crippen molar-refractivity contribution in [3.63, 3.8) is 0 Å². The standard InChI is InChI=1S/C18H14ClN7S/c1-11(25-9-7-14-15(25)6-3-8-20-14)16-22-23-18-26(16)24-17(27-18)21-13-5-2-4-12(19)10-13/h2-11H,1H3,(H,21,24). The first-order chi connectivity index (χ1) is 13.2. The molecular weight excluding hydrogens is 382 g/mol. The van der Waals surface area contributed by atoms with E-state index in [4.69, 9.17) is 11.6 Å². The van der Waals surface area contributed by atoms with Gasteiger partial charge in [0.15, 0.2) is 5.82 Å². The second-order valence-corrected chi connectivity index (χ2v) is 7.49. The Morgan fingerprint density at radius 1 is 1.15 bits per heavy atom.